The molecule has 1 fully saturated rings. The SMILES string of the molecule is COc1cc(CNC(=O)C2CCN(C(=O)CCc3ccccc3)CC2)ccc1OC(F)F. The number of methoxy groups -OCH3 is 1. The fourth-order valence-electron chi connectivity index (χ4n) is 3.79. The summed E-state index contributed by atoms with van der Waals surface area (Å²) < 4.78 is 34.4. The largest absolute Gasteiger partial charge is 0.493 e. The number of halogens is 2. The fourth-order valence-corrected chi connectivity index (χ4v) is 3.79. The van der Waals surface area contributed by atoms with Crippen molar-refractivity contribution < 1.29 is 27.8 Å². The zero-order valence-corrected chi connectivity index (χ0v) is 18.1. The topological polar surface area (TPSA) is 67.9 Å². The van der Waals surface area contributed by atoms with E-state index >= 15 is 0 Å². The number of amides is 2. The van der Waals surface area contributed by atoms with Crippen molar-refractivity contribution in [3.63, 3.8) is 0 Å². The highest BCUT2D eigenvalue weighted by Gasteiger charge is 2.27. The summed E-state index contributed by atoms with van der Waals surface area (Å²) >= 11 is 0. The van der Waals surface area contributed by atoms with Gasteiger partial charge in [-0.15, -0.1) is 0 Å². The molecule has 1 N–H and O–H groups in total. The molecule has 1 aliphatic heterocycles. The Bertz CT molecular complexity index is 900. The van der Waals surface area contributed by atoms with Gasteiger partial charge in [0.05, 0.1) is 7.11 Å². The number of benzene rings is 2. The maximum atomic E-state index is 12.6. The molecule has 2 aromatic carbocycles. The number of aryl methyl sites for hydroxylation is 1. The molecule has 0 aliphatic carbocycles. The zero-order chi connectivity index (χ0) is 22.9. The molecule has 8 heteroatoms. The van der Waals surface area contributed by atoms with Crippen LogP contribution in [-0.2, 0) is 22.6 Å². The zero-order valence-electron chi connectivity index (χ0n) is 18.1. The Labute approximate surface area is 186 Å². The van der Waals surface area contributed by atoms with E-state index in [1.54, 1.807) is 12.1 Å². The number of rotatable bonds is 9. The summed E-state index contributed by atoms with van der Waals surface area (Å²) in [6.07, 6.45) is 2.42. The maximum Gasteiger partial charge on any atom is 0.387 e. The Balaban J connectivity index is 1.43. The maximum absolute atomic E-state index is 12.6. The smallest absolute Gasteiger partial charge is 0.387 e. The van der Waals surface area contributed by atoms with E-state index in [9.17, 15) is 18.4 Å². The van der Waals surface area contributed by atoms with Crippen molar-refractivity contribution in [2.24, 2.45) is 5.92 Å². The second-order valence-electron chi connectivity index (χ2n) is 7.72. The van der Waals surface area contributed by atoms with E-state index in [4.69, 9.17) is 4.74 Å². The Morgan fingerprint density at radius 3 is 2.44 bits per heavy atom. The average molecular weight is 446 g/mol. The lowest BCUT2D eigenvalue weighted by molar-refractivity contribution is -0.135. The van der Waals surface area contributed by atoms with Gasteiger partial charge in [0.2, 0.25) is 11.8 Å². The van der Waals surface area contributed by atoms with Crippen LogP contribution in [0.4, 0.5) is 8.78 Å². The van der Waals surface area contributed by atoms with E-state index in [1.807, 2.05) is 35.2 Å². The van der Waals surface area contributed by atoms with Gasteiger partial charge in [0, 0.05) is 32.0 Å². The van der Waals surface area contributed by atoms with Crippen LogP contribution in [0.1, 0.15) is 30.4 Å². The van der Waals surface area contributed by atoms with Crippen LogP contribution in [0.5, 0.6) is 11.5 Å². The van der Waals surface area contributed by atoms with Crippen molar-refractivity contribution in [2.75, 3.05) is 20.2 Å². The van der Waals surface area contributed by atoms with Crippen molar-refractivity contribution in [1.82, 2.24) is 10.2 Å². The number of hydrogen-bond acceptors (Lipinski definition) is 4. The van der Waals surface area contributed by atoms with Gasteiger partial charge in [-0.2, -0.15) is 8.78 Å². The lowest BCUT2D eigenvalue weighted by atomic mass is 9.95. The van der Waals surface area contributed by atoms with Crippen LogP contribution in [-0.4, -0.2) is 43.5 Å². The minimum absolute atomic E-state index is 0.0538. The second kappa shape index (κ2) is 11.5. The lowest BCUT2D eigenvalue weighted by Gasteiger charge is -2.31. The number of carbonyl (C=O) groups is 2. The summed E-state index contributed by atoms with van der Waals surface area (Å²) in [5.74, 6) is 0.0110. The molecule has 0 atom stereocenters. The molecule has 32 heavy (non-hydrogen) atoms. The highest BCUT2D eigenvalue weighted by molar-refractivity contribution is 5.80. The van der Waals surface area contributed by atoms with E-state index in [0.29, 0.717) is 44.3 Å². The molecule has 0 radical (unpaired) electrons. The van der Waals surface area contributed by atoms with Gasteiger partial charge < -0.3 is 19.7 Å². The molecular weight excluding hydrogens is 418 g/mol. The van der Waals surface area contributed by atoms with E-state index in [2.05, 4.69) is 10.1 Å². The van der Waals surface area contributed by atoms with Crippen molar-refractivity contribution in [1.29, 1.82) is 0 Å². The number of piperidine rings is 1. The first kappa shape index (κ1) is 23.5. The summed E-state index contributed by atoms with van der Waals surface area (Å²) in [4.78, 5) is 26.9. The third-order valence-corrected chi connectivity index (χ3v) is 5.60. The van der Waals surface area contributed by atoms with Crippen molar-refractivity contribution in [3.8, 4) is 11.5 Å². The summed E-state index contributed by atoms with van der Waals surface area (Å²) in [5.41, 5.74) is 1.85. The van der Waals surface area contributed by atoms with Gasteiger partial charge in [-0.05, 0) is 42.5 Å². The molecule has 0 spiro atoms. The number of carbonyl (C=O) groups excluding carboxylic acids is 2. The molecule has 2 amide bonds. The normalized spacial score (nSPS) is 14.3. The molecule has 6 nitrogen and oxygen atoms in total. The monoisotopic (exact) mass is 446 g/mol. The third kappa shape index (κ3) is 6.67. The van der Waals surface area contributed by atoms with Crippen LogP contribution in [0.2, 0.25) is 0 Å². The molecule has 0 unspecified atom stereocenters. The predicted octanol–water partition coefficient (Wildman–Crippen LogP) is 3.78. The van der Waals surface area contributed by atoms with Crippen LogP contribution in [0, 0.1) is 5.92 Å². The van der Waals surface area contributed by atoms with Crippen LogP contribution in [0.3, 0.4) is 0 Å². The Kier molecular flexibility index (Phi) is 8.41. The van der Waals surface area contributed by atoms with Crippen molar-refractivity contribution in [2.45, 2.75) is 38.8 Å². The standard InChI is InChI=1S/C24H28F2N2O4/c1-31-21-15-18(7-9-20(21)32-24(25)26)16-27-23(30)19-11-13-28(14-12-19)22(29)10-8-17-5-3-2-4-6-17/h2-7,9,15,19,24H,8,10-14,16H2,1H3,(H,27,30). The van der Waals surface area contributed by atoms with E-state index in [1.165, 1.54) is 13.2 Å². The quantitative estimate of drug-likeness (QED) is 0.637. The molecule has 1 heterocycles. The van der Waals surface area contributed by atoms with Gasteiger partial charge in [0.25, 0.3) is 0 Å². The lowest BCUT2D eigenvalue weighted by Crippen LogP contribution is -2.43. The van der Waals surface area contributed by atoms with E-state index in [0.717, 1.165) is 5.56 Å². The van der Waals surface area contributed by atoms with Crippen LogP contribution >= 0.6 is 0 Å². The average Bonchev–Trinajstić information content (AvgIpc) is 2.82. The number of ether oxygens (including phenoxy) is 2. The number of nitrogens with zero attached hydrogens (tertiary/aromatic N) is 1. The summed E-state index contributed by atoms with van der Waals surface area (Å²) in [6, 6.07) is 14.5. The van der Waals surface area contributed by atoms with Crippen LogP contribution < -0.4 is 14.8 Å². The highest BCUT2D eigenvalue weighted by Crippen LogP contribution is 2.29. The summed E-state index contributed by atoms with van der Waals surface area (Å²) in [5, 5.41) is 2.88. The fraction of sp³-hybridized carbons (Fsp3) is 0.417. The van der Waals surface area contributed by atoms with Gasteiger partial charge in [0.1, 0.15) is 0 Å². The molecule has 0 saturated carbocycles. The molecule has 0 aromatic heterocycles. The van der Waals surface area contributed by atoms with Gasteiger partial charge in [-0.1, -0.05) is 36.4 Å². The number of hydrogen-bond donors (Lipinski definition) is 1. The molecule has 2 aromatic rings. The molecule has 1 saturated heterocycles. The predicted molar refractivity (Wildman–Crippen MR) is 116 cm³/mol. The molecule has 1 aliphatic rings. The highest BCUT2D eigenvalue weighted by atomic mass is 19.3. The van der Waals surface area contributed by atoms with Gasteiger partial charge >= 0.3 is 6.61 Å². The van der Waals surface area contributed by atoms with E-state index < -0.39 is 6.61 Å². The molecule has 172 valence electrons. The second-order valence-corrected chi connectivity index (χ2v) is 7.72. The number of alkyl halides is 2. The minimum atomic E-state index is -2.94. The first-order chi connectivity index (χ1) is 15.5. The summed E-state index contributed by atoms with van der Waals surface area (Å²) in [7, 11) is 1.37. The van der Waals surface area contributed by atoms with E-state index in [-0.39, 0.29) is 35.8 Å². The van der Waals surface area contributed by atoms with Crippen LogP contribution in [0.15, 0.2) is 48.5 Å². The van der Waals surface area contributed by atoms with Gasteiger partial charge in [-0.3, -0.25) is 9.59 Å². The first-order valence-electron chi connectivity index (χ1n) is 10.7. The van der Waals surface area contributed by atoms with Crippen molar-refractivity contribution >= 4 is 11.8 Å². The first-order valence-corrected chi connectivity index (χ1v) is 10.7. The molecule has 3 rings (SSSR count). The Hall–Kier alpha value is -3.16. The molecular formula is C24H28F2N2O4. The Morgan fingerprint density at radius 1 is 1.06 bits per heavy atom. The van der Waals surface area contributed by atoms with Crippen molar-refractivity contribution in [3.05, 3.63) is 59.7 Å². The molecule has 0 bridgehead atoms. The van der Waals surface area contributed by atoms with Crippen LogP contribution in [0.25, 0.3) is 0 Å². The Morgan fingerprint density at radius 2 is 1.78 bits per heavy atom. The minimum Gasteiger partial charge on any atom is -0.493 e. The third-order valence-electron chi connectivity index (χ3n) is 5.60. The van der Waals surface area contributed by atoms with Gasteiger partial charge in [-0.25, -0.2) is 0 Å². The summed E-state index contributed by atoms with van der Waals surface area (Å²) in [6.45, 7) is -1.55. The van der Waals surface area contributed by atoms with Gasteiger partial charge in [0.15, 0.2) is 11.5 Å². The number of nitrogens with one attached hydrogen (secondary N) is 1. The number of likely N-dealkylation sites (tertiary alicyclic amines) is 1.